The number of amides is 16. The number of primary amides is 1. The van der Waals surface area contributed by atoms with E-state index < -0.39 is 216 Å². The van der Waals surface area contributed by atoms with Crippen molar-refractivity contribution in [2.45, 2.75) is 255 Å². The lowest BCUT2D eigenvalue weighted by Gasteiger charge is -2.36. The first kappa shape index (κ1) is 104. The molecule has 0 bridgehead atoms. The van der Waals surface area contributed by atoms with Crippen LogP contribution in [-0.4, -0.2) is 300 Å². The zero-order valence-electron chi connectivity index (χ0n) is 76.3. The number of aliphatic hydroxyl groups is 1. The molecule has 0 saturated carbocycles. The molecule has 3 fully saturated rings. The van der Waals surface area contributed by atoms with Gasteiger partial charge in [-0.25, -0.2) is 0 Å². The van der Waals surface area contributed by atoms with Crippen LogP contribution in [0, 0.1) is 11.8 Å². The van der Waals surface area contributed by atoms with Gasteiger partial charge in [-0.3, -0.25) is 81.5 Å². The number of hydrogen-bond acceptors (Lipinski definition) is 21. The Morgan fingerprint density at radius 1 is 0.504 bits per heavy atom. The second-order valence-corrected chi connectivity index (χ2v) is 35.9. The van der Waals surface area contributed by atoms with E-state index >= 15 is 33.6 Å². The number of carboxylic acids is 1. The highest BCUT2D eigenvalue weighted by Crippen LogP contribution is 2.28. The van der Waals surface area contributed by atoms with E-state index in [4.69, 9.17) is 11.5 Å². The number of likely N-dealkylation sites (N-methyl/N-ethyl adjacent to an activating group) is 3. The van der Waals surface area contributed by atoms with Crippen LogP contribution in [0.3, 0.4) is 0 Å². The number of thioether (sulfide) groups is 1. The van der Waals surface area contributed by atoms with Gasteiger partial charge in [0.25, 0.3) is 0 Å². The second-order valence-electron chi connectivity index (χ2n) is 34.8. The van der Waals surface area contributed by atoms with Crippen LogP contribution in [-0.2, 0) is 101 Å². The molecule has 16 amide bonds. The summed E-state index contributed by atoms with van der Waals surface area (Å²) in [7, 11) is 3.98. The van der Waals surface area contributed by atoms with Crippen LogP contribution in [0.2, 0.25) is 0 Å². The van der Waals surface area contributed by atoms with Gasteiger partial charge >= 0.3 is 5.97 Å². The fourth-order valence-corrected chi connectivity index (χ4v) is 17.5. The van der Waals surface area contributed by atoms with Crippen LogP contribution in [0.15, 0.2) is 85.2 Å². The van der Waals surface area contributed by atoms with E-state index in [1.165, 1.54) is 67.0 Å². The summed E-state index contributed by atoms with van der Waals surface area (Å²) < 4.78 is 0. The van der Waals surface area contributed by atoms with Crippen molar-refractivity contribution in [1.29, 1.82) is 0 Å². The van der Waals surface area contributed by atoms with Crippen molar-refractivity contribution in [3.05, 3.63) is 102 Å². The summed E-state index contributed by atoms with van der Waals surface area (Å²) in [6.07, 6.45) is 4.61. The Labute approximate surface area is 766 Å². The minimum absolute atomic E-state index is 0.0105. The molecular weight excluding hydrogens is 1710 g/mol. The Kier molecular flexibility index (Phi) is 40.0. The number of nitrogens with one attached hydrogen (secondary N) is 12. The van der Waals surface area contributed by atoms with E-state index in [2.05, 4.69) is 63.1 Å². The first-order valence-electron chi connectivity index (χ1n) is 45.1. The number of aliphatic carboxylic acids is 1. The van der Waals surface area contributed by atoms with Gasteiger partial charge < -0.3 is 114 Å². The number of aromatic nitrogens is 2. The van der Waals surface area contributed by atoms with Gasteiger partial charge in [0.05, 0.1) is 25.3 Å². The quantitative estimate of drug-likeness (QED) is 0.0338. The molecule has 0 radical (unpaired) electrons. The number of hydrogen-bond donors (Lipinski definition) is 17. The number of benzene rings is 3. The highest BCUT2D eigenvalue weighted by atomic mass is 32.2. The number of aliphatic hydroxyl groups excluding tert-OH is 1. The molecule has 39 nitrogen and oxygen atoms in total. The minimum Gasteiger partial charge on any atom is -0.508 e. The number of aromatic amines is 2. The number of nitrogens with two attached hydrogens (primary N) is 2. The Balaban J connectivity index is 1.18. The summed E-state index contributed by atoms with van der Waals surface area (Å²) in [5.41, 5.74) is 14.2. The van der Waals surface area contributed by atoms with Crippen LogP contribution in [0.4, 0.5) is 0 Å². The number of carbonyl (C=O) groups is 17. The first-order valence-corrected chi connectivity index (χ1v) is 46.2. The lowest BCUT2D eigenvalue weighted by atomic mass is 9.99. The van der Waals surface area contributed by atoms with Crippen molar-refractivity contribution >= 4 is 134 Å². The summed E-state index contributed by atoms with van der Waals surface area (Å²) in [4.78, 5) is 261. The third-order valence-electron chi connectivity index (χ3n) is 24.0. The Morgan fingerprint density at radius 3 is 1.53 bits per heavy atom. The lowest BCUT2D eigenvalue weighted by molar-refractivity contribution is -0.149. The van der Waals surface area contributed by atoms with Gasteiger partial charge in [0.1, 0.15) is 90.3 Å². The van der Waals surface area contributed by atoms with Crippen molar-refractivity contribution in [3.8, 4) is 5.75 Å². The topological polar surface area (TPSA) is 571 Å². The molecule has 19 N–H and O–H groups in total. The number of carbonyl (C=O) groups excluding carboxylic acids is 16. The molecule has 716 valence electrons. The SMILES string of the molecule is CCCC[C@H]1C(=O)N(C)[C@@H](CCCC)C(=O)N[C@@H](CC(C)C)C(=O)N[C@H](C(=O)NCC(N)=O)CSCC(=O)N[C@@H](Cc2ccc(O)cc2)C(=O)N(C)[C@@H](C)C(=O)N[C@@H](CC(=O)O)C(=O)N2CCC[C@H]2C(=O)N[C@@H](CCCCN)C(=O)N[C@@H](CC(C)C)C(=O)N2CCC[C@H]2C(=O)N[C@@H](Cc2c[nH]c3ccccc23)C(=O)N[C@@H](CO)C(=O)N[C@@H](Cc2c[nH]c3ccccc23)C(=O)N1C. The average molecular weight is 1840 g/mol. The van der Waals surface area contributed by atoms with E-state index in [9.17, 15) is 63.3 Å². The number of rotatable bonds is 26. The zero-order valence-corrected chi connectivity index (χ0v) is 77.1. The fraction of sp³-hybridized carbons (Fsp3) is 0.571. The maximum atomic E-state index is 15.7. The van der Waals surface area contributed by atoms with E-state index in [-0.39, 0.29) is 121 Å². The van der Waals surface area contributed by atoms with Crippen LogP contribution in [0.25, 0.3) is 21.8 Å². The fourth-order valence-electron chi connectivity index (χ4n) is 16.6. The molecule has 3 aliphatic rings. The number of phenolic OH excluding ortho intramolecular Hbond substituents is 1. The molecule has 14 atom stereocenters. The number of nitrogens with zero attached hydrogens (tertiary/aromatic N) is 5. The van der Waals surface area contributed by atoms with Crippen LogP contribution < -0.4 is 64.6 Å². The zero-order chi connectivity index (χ0) is 96.0. The van der Waals surface area contributed by atoms with Gasteiger partial charge in [0, 0.05) is 93.4 Å². The monoisotopic (exact) mass is 1840 g/mol. The molecule has 3 aliphatic heterocycles. The third kappa shape index (κ3) is 29.4. The van der Waals surface area contributed by atoms with Crippen molar-refractivity contribution in [1.82, 2.24) is 87.6 Å². The molecule has 40 heteroatoms. The summed E-state index contributed by atoms with van der Waals surface area (Å²) >= 11 is 0.796. The highest BCUT2D eigenvalue weighted by molar-refractivity contribution is 8.00. The Morgan fingerprint density at radius 2 is 0.977 bits per heavy atom. The number of phenols is 1. The number of carboxylic acid groups (broad SMARTS) is 1. The molecule has 3 saturated heterocycles. The molecule has 8 rings (SSSR count). The molecule has 0 spiro atoms. The van der Waals surface area contributed by atoms with E-state index in [1.54, 1.807) is 88.6 Å². The number of para-hydroxylation sites is 2. The maximum Gasteiger partial charge on any atom is 0.305 e. The molecular formula is C91H131N19O20S. The molecule has 0 unspecified atom stereocenters. The summed E-state index contributed by atoms with van der Waals surface area (Å²) in [6.45, 7) is 10.5. The van der Waals surface area contributed by atoms with Crippen LogP contribution >= 0.6 is 11.8 Å². The largest absolute Gasteiger partial charge is 0.508 e. The van der Waals surface area contributed by atoms with Gasteiger partial charge in [0.2, 0.25) is 94.5 Å². The summed E-state index contributed by atoms with van der Waals surface area (Å²) in [6, 6.07) is -0.832. The van der Waals surface area contributed by atoms with Gasteiger partial charge in [-0.1, -0.05) is 116 Å². The third-order valence-corrected chi connectivity index (χ3v) is 25.0. The van der Waals surface area contributed by atoms with E-state index in [1.807, 2.05) is 13.8 Å². The summed E-state index contributed by atoms with van der Waals surface area (Å²) in [5.74, 6) is -17.2. The normalized spacial score (nSPS) is 24.7. The van der Waals surface area contributed by atoms with Gasteiger partial charge in [-0.2, -0.15) is 0 Å². The Bertz CT molecular complexity index is 4850. The number of H-pyrrole nitrogens is 2. The van der Waals surface area contributed by atoms with Crippen molar-refractivity contribution < 1.29 is 96.8 Å². The van der Waals surface area contributed by atoms with Crippen LogP contribution in [0.1, 0.15) is 168 Å². The van der Waals surface area contributed by atoms with Gasteiger partial charge in [0.15, 0.2) is 0 Å². The molecule has 5 aromatic rings. The highest BCUT2D eigenvalue weighted by Gasteiger charge is 2.46. The van der Waals surface area contributed by atoms with Gasteiger partial charge in [-0.15, -0.1) is 11.8 Å². The standard InChI is InChI=1S/C91H131N19O20S/c1-11-13-28-71-84(123)99-63(39-51(3)4)81(120)105-70(79(118)96-47-75(93)113)49-131-50-76(114)97-66(41-54-32-34-57(112)35-33-54)87(126)106(8)53(7)78(117)101-68(44-77(115)116)90(129)110-38-21-30-72(110)85(124)98-62(27-19-20-36-92)80(119)102-65(40-52(5)6)89(128)109-37-22-31-73(109)86(125)100-64(42-55-45-94-60-25-17-15-23-58(55)60)82(121)104-69(48-111)83(122)103-67(43-56-46-95-61-26-18-16-24-59(56)61)88(127)108(10)74(29-14-12-2)91(130)107(71)9/h15-18,23-26,32-35,45-46,51-53,62-74,94-95,111-112H,11-14,19-22,27-31,36-44,47-50,92H2,1-10H3,(H2,93,113)(H,96,118)(H,97,114)(H,98,124)(H,99,123)(H,100,125)(H,101,117)(H,102,119)(H,103,122)(H,104,121)(H,105,120)(H,115,116)/t53-,62-,63-,64-,65-,66-,67-,68-,69-,70-,71-,72-,73-,74-/m0/s1. The predicted molar refractivity (Wildman–Crippen MR) is 488 cm³/mol. The van der Waals surface area contributed by atoms with Crippen molar-refractivity contribution in [2.75, 3.05) is 65.4 Å². The average Bonchev–Trinajstić information content (AvgIpc) is 1.75. The Hall–Kier alpha value is -12.2. The van der Waals surface area contributed by atoms with Crippen LogP contribution in [0.5, 0.6) is 5.75 Å². The predicted octanol–water partition coefficient (Wildman–Crippen LogP) is 0.646. The second kappa shape index (κ2) is 50.3. The number of aromatic hydroxyl groups is 1. The van der Waals surface area contributed by atoms with E-state index in [0.29, 0.717) is 70.6 Å². The van der Waals surface area contributed by atoms with Crippen molar-refractivity contribution in [3.63, 3.8) is 0 Å². The maximum absolute atomic E-state index is 15.7. The van der Waals surface area contributed by atoms with Crippen molar-refractivity contribution in [2.24, 2.45) is 23.3 Å². The van der Waals surface area contributed by atoms with Gasteiger partial charge in [-0.05, 0) is 137 Å². The van der Waals surface area contributed by atoms with E-state index in [0.717, 1.165) is 21.6 Å². The molecule has 0 aliphatic carbocycles. The molecule has 2 aromatic heterocycles. The molecule has 131 heavy (non-hydrogen) atoms. The minimum atomic E-state index is -1.86. The number of fused-ring (bicyclic) bond motifs is 4. The summed E-state index contributed by atoms with van der Waals surface area (Å²) in [5, 5.41) is 59.8. The lowest BCUT2D eigenvalue weighted by Crippen LogP contribution is -2.61. The first-order chi connectivity index (χ1) is 62.4. The molecule has 5 heterocycles. The molecule has 3 aromatic carbocycles. The smallest absolute Gasteiger partial charge is 0.305 e. The number of unbranched alkanes of at least 4 members (excludes halogenated alkanes) is 3.